The summed E-state index contributed by atoms with van der Waals surface area (Å²) in [5.41, 5.74) is -1.49. The van der Waals surface area contributed by atoms with Crippen molar-refractivity contribution in [3.63, 3.8) is 0 Å². The van der Waals surface area contributed by atoms with Crippen molar-refractivity contribution < 1.29 is 23.7 Å². The number of rotatable bonds is 7. The van der Waals surface area contributed by atoms with E-state index in [-0.39, 0.29) is 24.3 Å². The molecule has 4 amide bonds. The second-order valence-corrected chi connectivity index (χ2v) is 7.16. The molecule has 1 saturated heterocycles. The molecule has 1 unspecified atom stereocenters. The van der Waals surface area contributed by atoms with Crippen molar-refractivity contribution in [1.29, 1.82) is 5.26 Å². The molecule has 0 bridgehead atoms. The van der Waals surface area contributed by atoms with Crippen LogP contribution in [0, 0.1) is 27.3 Å². The Labute approximate surface area is 182 Å². The molecule has 2 aromatic rings. The van der Waals surface area contributed by atoms with Crippen LogP contribution in [0.5, 0.6) is 0 Å². The van der Waals surface area contributed by atoms with Crippen LogP contribution in [-0.4, -0.2) is 40.8 Å². The number of nitrogens with one attached hydrogen (secondary N) is 1. The predicted molar refractivity (Wildman–Crippen MR) is 110 cm³/mol. The number of nitro benzene ring substituents is 1. The van der Waals surface area contributed by atoms with E-state index < -0.39 is 40.7 Å². The van der Waals surface area contributed by atoms with Gasteiger partial charge in [0, 0.05) is 18.7 Å². The molecule has 1 aliphatic heterocycles. The number of nitrogens with zero attached hydrogens (tertiary/aromatic N) is 4. The second-order valence-electron chi connectivity index (χ2n) is 7.16. The maximum Gasteiger partial charge on any atom is 0.325 e. The quantitative estimate of drug-likeness (QED) is 0.400. The molecule has 1 heterocycles. The van der Waals surface area contributed by atoms with E-state index in [0.29, 0.717) is 10.5 Å². The third-order valence-corrected chi connectivity index (χ3v) is 5.12. The SMILES string of the molecule is CC1(c2ccc([N+](=O)[O-])cc2)NC(=O)N(CC(=O)N(CCC#N)c2ccccc2F)C1=O. The maximum atomic E-state index is 14.2. The van der Waals surface area contributed by atoms with Crippen LogP contribution >= 0.6 is 0 Å². The van der Waals surface area contributed by atoms with Gasteiger partial charge in [-0.05, 0) is 36.8 Å². The lowest BCUT2D eigenvalue weighted by atomic mass is 9.92. The fourth-order valence-electron chi connectivity index (χ4n) is 3.39. The summed E-state index contributed by atoms with van der Waals surface area (Å²) in [6, 6.07) is 11.6. The molecule has 164 valence electrons. The lowest BCUT2D eigenvalue weighted by Crippen LogP contribution is -2.45. The first-order valence-corrected chi connectivity index (χ1v) is 9.50. The standard InChI is InChI=1S/C21H18FN5O5/c1-21(14-7-9-15(10-8-14)27(31)32)19(29)26(20(30)24-21)13-18(28)25(12-4-11-23)17-6-3-2-5-16(17)22/h2-3,5-10H,4,12-13H2,1H3,(H,24,30). The number of anilines is 1. The molecule has 10 nitrogen and oxygen atoms in total. The van der Waals surface area contributed by atoms with Crippen LogP contribution in [0.25, 0.3) is 0 Å². The molecule has 1 aliphatic rings. The van der Waals surface area contributed by atoms with Crippen molar-refractivity contribution in [2.45, 2.75) is 18.9 Å². The van der Waals surface area contributed by atoms with Crippen LogP contribution in [-0.2, 0) is 15.1 Å². The van der Waals surface area contributed by atoms with E-state index in [0.717, 1.165) is 11.0 Å². The highest BCUT2D eigenvalue weighted by Gasteiger charge is 2.49. The number of halogens is 1. The second kappa shape index (κ2) is 8.81. The molecule has 0 spiro atoms. The molecule has 1 N–H and O–H groups in total. The monoisotopic (exact) mass is 439 g/mol. The number of para-hydroxylation sites is 1. The van der Waals surface area contributed by atoms with Gasteiger partial charge < -0.3 is 10.2 Å². The van der Waals surface area contributed by atoms with E-state index in [1.165, 1.54) is 49.4 Å². The van der Waals surface area contributed by atoms with Gasteiger partial charge in [0.1, 0.15) is 17.9 Å². The summed E-state index contributed by atoms with van der Waals surface area (Å²) >= 11 is 0. The molecular formula is C21H18FN5O5. The minimum Gasteiger partial charge on any atom is -0.319 e. The summed E-state index contributed by atoms with van der Waals surface area (Å²) < 4.78 is 14.2. The summed E-state index contributed by atoms with van der Waals surface area (Å²) in [6.45, 7) is 0.621. The highest BCUT2D eigenvalue weighted by Crippen LogP contribution is 2.30. The van der Waals surface area contributed by atoms with Gasteiger partial charge in [-0.25, -0.2) is 9.18 Å². The first kappa shape index (κ1) is 22.4. The maximum absolute atomic E-state index is 14.2. The van der Waals surface area contributed by atoms with E-state index in [1.807, 2.05) is 6.07 Å². The average Bonchev–Trinajstić information content (AvgIpc) is 2.99. The highest BCUT2D eigenvalue weighted by molar-refractivity contribution is 6.10. The molecule has 32 heavy (non-hydrogen) atoms. The Kier molecular flexibility index (Phi) is 6.15. The smallest absolute Gasteiger partial charge is 0.319 e. The van der Waals surface area contributed by atoms with Gasteiger partial charge in [0.25, 0.3) is 11.6 Å². The predicted octanol–water partition coefficient (Wildman–Crippen LogP) is 2.45. The molecule has 1 fully saturated rings. The third kappa shape index (κ3) is 4.11. The van der Waals surface area contributed by atoms with Gasteiger partial charge in [-0.1, -0.05) is 12.1 Å². The number of hydrogen-bond acceptors (Lipinski definition) is 6. The Balaban J connectivity index is 1.84. The zero-order valence-corrected chi connectivity index (χ0v) is 16.9. The normalized spacial score (nSPS) is 17.6. The summed E-state index contributed by atoms with van der Waals surface area (Å²) in [5, 5.41) is 22.2. The van der Waals surface area contributed by atoms with E-state index in [4.69, 9.17) is 5.26 Å². The Morgan fingerprint density at radius 3 is 2.50 bits per heavy atom. The number of benzene rings is 2. The molecule has 3 rings (SSSR count). The summed E-state index contributed by atoms with van der Waals surface area (Å²) in [5.74, 6) is -2.17. The number of nitro groups is 1. The number of carbonyl (C=O) groups is 3. The number of hydrogen-bond donors (Lipinski definition) is 1. The Morgan fingerprint density at radius 1 is 1.25 bits per heavy atom. The molecule has 2 aromatic carbocycles. The number of imide groups is 1. The Bertz CT molecular complexity index is 1130. The van der Waals surface area contributed by atoms with Gasteiger partial charge in [-0.2, -0.15) is 5.26 Å². The van der Waals surface area contributed by atoms with Crippen molar-refractivity contribution in [2.24, 2.45) is 0 Å². The average molecular weight is 439 g/mol. The third-order valence-electron chi connectivity index (χ3n) is 5.12. The largest absolute Gasteiger partial charge is 0.325 e. The highest BCUT2D eigenvalue weighted by atomic mass is 19.1. The number of urea groups is 1. The molecule has 0 saturated carbocycles. The molecule has 0 aliphatic carbocycles. The van der Waals surface area contributed by atoms with Crippen LogP contribution in [0.1, 0.15) is 18.9 Å². The van der Waals surface area contributed by atoms with Crippen LogP contribution in [0.15, 0.2) is 48.5 Å². The summed E-state index contributed by atoms with van der Waals surface area (Å²) in [7, 11) is 0. The Morgan fingerprint density at radius 2 is 1.91 bits per heavy atom. The molecule has 0 radical (unpaired) electrons. The van der Waals surface area contributed by atoms with Crippen molar-refractivity contribution in [3.05, 3.63) is 70.0 Å². The molecule has 11 heteroatoms. The van der Waals surface area contributed by atoms with Gasteiger partial charge in [0.05, 0.1) is 23.1 Å². The fourth-order valence-corrected chi connectivity index (χ4v) is 3.39. The first-order chi connectivity index (χ1) is 15.2. The summed E-state index contributed by atoms with van der Waals surface area (Å²) in [6.07, 6.45) is -0.0826. The van der Waals surface area contributed by atoms with Crippen LogP contribution in [0.2, 0.25) is 0 Å². The van der Waals surface area contributed by atoms with E-state index >= 15 is 0 Å². The number of nitriles is 1. The van der Waals surface area contributed by atoms with Crippen LogP contribution < -0.4 is 10.2 Å². The zero-order chi connectivity index (χ0) is 23.5. The van der Waals surface area contributed by atoms with Gasteiger partial charge in [0.15, 0.2) is 0 Å². The van der Waals surface area contributed by atoms with Crippen LogP contribution in [0.3, 0.4) is 0 Å². The van der Waals surface area contributed by atoms with Gasteiger partial charge >= 0.3 is 6.03 Å². The van der Waals surface area contributed by atoms with Crippen molar-refractivity contribution in [2.75, 3.05) is 18.0 Å². The van der Waals surface area contributed by atoms with Gasteiger partial charge in [-0.15, -0.1) is 0 Å². The number of carbonyl (C=O) groups excluding carboxylic acids is 3. The van der Waals surface area contributed by atoms with Crippen molar-refractivity contribution >= 4 is 29.2 Å². The zero-order valence-electron chi connectivity index (χ0n) is 16.9. The number of non-ortho nitro benzene ring substituents is 1. The van der Waals surface area contributed by atoms with Gasteiger partial charge in [0.2, 0.25) is 5.91 Å². The lowest BCUT2D eigenvalue weighted by Gasteiger charge is -2.25. The van der Waals surface area contributed by atoms with Gasteiger partial charge in [-0.3, -0.25) is 24.6 Å². The van der Waals surface area contributed by atoms with E-state index in [1.54, 1.807) is 0 Å². The molecule has 0 aromatic heterocycles. The Hall–Kier alpha value is -4.33. The topological polar surface area (TPSA) is 137 Å². The van der Waals surface area contributed by atoms with Crippen molar-refractivity contribution in [1.82, 2.24) is 10.2 Å². The minimum atomic E-state index is -1.54. The molecular weight excluding hydrogens is 421 g/mol. The van der Waals surface area contributed by atoms with E-state index in [2.05, 4.69) is 5.32 Å². The van der Waals surface area contributed by atoms with E-state index in [9.17, 15) is 28.9 Å². The fraction of sp³-hybridized carbons (Fsp3) is 0.238. The minimum absolute atomic E-state index is 0.0714. The molecule has 1 atom stereocenters. The lowest BCUT2D eigenvalue weighted by molar-refractivity contribution is -0.384. The number of amides is 4. The first-order valence-electron chi connectivity index (χ1n) is 9.50. The van der Waals surface area contributed by atoms with Crippen LogP contribution in [0.4, 0.5) is 20.6 Å². The van der Waals surface area contributed by atoms with Crippen molar-refractivity contribution in [3.8, 4) is 6.07 Å². The summed E-state index contributed by atoms with van der Waals surface area (Å²) in [4.78, 5) is 50.4.